The molecule has 3 rings (SSSR count). The van der Waals surface area contributed by atoms with Gasteiger partial charge in [0.25, 0.3) is 0 Å². The zero-order chi connectivity index (χ0) is 14.5. The van der Waals surface area contributed by atoms with E-state index in [1.54, 1.807) is 11.3 Å². The van der Waals surface area contributed by atoms with Crippen LogP contribution in [-0.2, 0) is 13.0 Å². The highest BCUT2D eigenvalue weighted by atomic mass is 32.1. The molecule has 2 heterocycles. The summed E-state index contributed by atoms with van der Waals surface area (Å²) in [4.78, 5) is 0. The highest BCUT2D eigenvalue weighted by Gasteiger charge is 2.16. The summed E-state index contributed by atoms with van der Waals surface area (Å²) in [6, 6.07) is 5.50. The molecule has 1 unspecified atom stereocenters. The van der Waals surface area contributed by atoms with Gasteiger partial charge in [0.1, 0.15) is 0 Å². The van der Waals surface area contributed by atoms with E-state index in [0.717, 1.165) is 18.7 Å². The summed E-state index contributed by atoms with van der Waals surface area (Å²) in [6.07, 6.45) is 9.95. The molecule has 0 saturated heterocycles. The highest BCUT2D eigenvalue weighted by Crippen LogP contribution is 2.27. The van der Waals surface area contributed by atoms with Crippen molar-refractivity contribution in [2.75, 3.05) is 0 Å². The molecule has 1 N–H and O–H groups in total. The Balaban J connectivity index is 1.48. The van der Waals surface area contributed by atoms with Crippen molar-refractivity contribution < 1.29 is 0 Å². The number of nitrogens with zero attached hydrogens (tertiary/aromatic N) is 2. The first kappa shape index (κ1) is 14.8. The first-order chi connectivity index (χ1) is 10.3. The molecule has 3 nitrogen and oxygen atoms in total. The average Bonchev–Trinajstić information content (AvgIpc) is 3.17. The summed E-state index contributed by atoms with van der Waals surface area (Å²) in [7, 11) is 0. The molecular formula is C17H25N3S. The Labute approximate surface area is 131 Å². The summed E-state index contributed by atoms with van der Waals surface area (Å²) >= 11 is 1.77. The molecule has 0 spiro atoms. The van der Waals surface area contributed by atoms with Crippen LogP contribution in [0.4, 0.5) is 0 Å². The van der Waals surface area contributed by atoms with E-state index in [9.17, 15) is 0 Å². The van der Waals surface area contributed by atoms with Crippen LogP contribution in [0, 0.1) is 0 Å². The quantitative estimate of drug-likeness (QED) is 0.868. The molecule has 4 heteroatoms. The number of rotatable bonds is 6. The second-order valence-corrected chi connectivity index (χ2v) is 6.98. The minimum atomic E-state index is 0.486. The van der Waals surface area contributed by atoms with Crippen molar-refractivity contribution in [3.8, 4) is 0 Å². The van der Waals surface area contributed by atoms with E-state index in [2.05, 4.69) is 46.0 Å². The maximum atomic E-state index is 4.76. The number of aromatic nitrogens is 2. The van der Waals surface area contributed by atoms with E-state index in [-0.39, 0.29) is 0 Å². The molecule has 114 valence electrons. The van der Waals surface area contributed by atoms with Gasteiger partial charge in [0.05, 0.1) is 11.7 Å². The third kappa shape index (κ3) is 4.17. The van der Waals surface area contributed by atoms with Gasteiger partial charge in [0.15, 0.2) is 0 Å². The molecule has 0 radical (unpaired) electrons. The maximum absolute atomic E-state index is 4.76. The zero-order valence-electron chi connectivity index (χ0n) is 12.8. The first-order valence-electron chi connectivity index (χ1n) is 8.10. The average molecular weight is 303 g/mol. The van der Waals surface area contributed by atoms with Crippen LogP contribution in [0.5, 0.6) is 0 Å². The predicted molar refractivity (Wildman–Crippen MR) is 88.7 cm³/mol. The van der Waals surface area contributed by atoms with Crippen LogP contribution in [0.2, 0.25) is 0 Å². The van der Waals surface area contributed by atoms with E-state index in [1.807, 2.05) is 0 Å². The Kier molecular flexibility index (Phi) is 5.09. The fourth-order valence-corrected chi connectivity index (χ4v) is 3.82. The van der Waals surface area contributed by atoms with Gasteiger partial charge in [-0.3, -0.25) is 4.68 Å². The lowest BCUT2D eigenvalue weighted by Crippen LogP contribution is -2.27. The van der Waals surface area contributed by atoms with Crippen molar-refractivity contribution in [3.63, 3.8) is 0 Å². The molecule has 1 fully saturated rings. The van der Waals surface area contributed by atoms with Gasteiger partial charge >= 0.3 is 0 Å². The van der Waals surface area contributed by atoms with E-state index in [0.29, 0.717) is 12.1 Å². The van der Waals surface area contributed by atoms with Gasteiger partial charge in [-0.05, 0) is 54.6 Å². The van der Waals surface area contributed by atoms with Crippen molar-refractivity contribution >= 4 is 11.3 Å². The number of hydrogen-bond acceptors (Lipinski definition) is 3. The van der Waals surface area contributed by atoms with E-state index < -0.39 is 0 Å². The lowest BCUT2D eigenvalue weighted by Gasteiger charge is -2.21. The van der Waals surface area contributed by atoms with Gasteiger partial charge in [-0.1, -0.05) is 19.3 Å². The van der Waals surface area contributed by atoms with Crippen molar-refractivity contribution in [3.05, 3.63) is 40.3 Å². The number of hydrogen-bond donors (Lipinski definition) is 1. The molecular weight excluding hydrogens is 278 g/mol. The Hall–Kier alpha value is -1.13. The predicted octanol–water partition coefficient (Wildman–Crippen LogP) is 4.17. The van der Waals surface area contributed by atoms with Crippen LogP contribution >= 0.6 is 11.3 Å². The summed E-state index contributed by atoms with van der Waals surface area (Å²) < 4.78 is 2.19. The van der Waals surface area contributed by atoms with Gasteiger partial charge in [-0.25, -0.2) is 0 Å². The van der Waals surface area contributed by atoms with Crippen molar-refractivity contribution in [2.24, 2.45) is 0 Å². The molecule has 0 bridgehead atoms. The largest absolute Gasteiger partial charge is 0.308 e. The summed E-state index contributed by atoms with van der Waals surface area (Å²) in [5, 5.41) is 12.7. The van der Waals surface area contributed by atoms with Crippen LogP contribution in [0.15, 0.2) is 29.1 Å². The molecule has 1 aliphatic rings. The summed E-state index contributed by atoms with van der Waals surface area (Å²) in [5.41, 5.74) is 2.59. The smallest absolute Gasteiger partial charge is 0.0762 e. The van der Waals surface area contributed by atoms with Gasteiger partial charge in [0.2, 0.25) is 0 Å². The molecule has 2 aromatic rings. The minimum absolute atomic E-state index is 0.486. The SMILES string of the molecule is CC(Cc1ccsc1)NCc1ccn(C2CCCCC2)n1. The topological polar surface area (TPSA) is 29.9 Å². The number of thiophene rings is 1. The Morgan fingerprint density at radius 3 is 2.95 bits per heavy atom. The van der Waals surface area contributed by atoms with Crippen molar-refractivity contribution in [2.45, 2.75) is 64.1 Å². The normalized spacial score (nSPS) is 18.0. The summed E-state index contributed by atoms with van der Waals surface area (Å²) in [5.74, 6) is 0. The van der Waals surface area contributed by atoms with E-state index >= 15 is 0 Å². The van der Waals surface area contributed by atoms with Crippen molar-refractivity contribution in [1.82, 2.24) is 15.1 Å². The summed E-state index contributed by atoms with van der Waals surface area (Å²) in [6.45, 7) is 3.11. The van der Waals surface area contributed by atoms with Crippen LogP contribution < -0.4 is 5.32 Å². The monoisotopic (exact) mass is 303 g/mol. The third-order valence-corrected chi connectivity index (χ3v) is 5.10. The first-order valence-corrected chi connectivity index (χ1v) is 9.04. The van der Waals surface area contributed by atoms with E-state index in [1.165, 1.54) is 37.7 Å². The van der Waals surface area contributed by atoms with Gasteiger partial charge in [0, 0.05) is 18.8 Å². The van der Waals surface area contributed by atoms with Crippen LogP contribution in [0.25, 0.3) is 0 Å². The van der Waals surface area contributed by atoms with Gasteiger partial charge in [-0.2, -0.15) is 16.4 Å². The van der Waals surface area contributed by atoms with E-state index in [4.69, 9.17) is 5.10 Å². The Bertz CT molecular complexity index is 526. The van der Waals surface area contributed by atoms with Gasteiger partial charge < -0.3 is 5.32 Å². The molecule has 1 atom stereocenters. The lowest BCUT2D eigenvalue weighted by atomic mass is 9.96. The molecule has 0 amide bonds. The van der Waals surface area contributed by atoms with Crippen LogP contribution in [0.1, 0.15) is 56.3 Å². The lowest BCUT2D eigenvalue weighted by molar-refractivity contribution is 0.327. The zero-order valence-corrected chi connectivity index (χ0v) is 13.6. The minimum Gasteiger partial charge on any atom is -0.308 e. The fourth-order valence-electron chi connectivity index (χ4n) is 3.13. The molecule has 0 aromatic carbocycles. The Morgan fingerprint density at radius 2 is 2.19 bits per heavy atom. The van der Waals surface area contributed by atoms with Crippen LogP contribution in [-0.4, -0.2) is 15.8 Å². The number of nitrogens with one attached hydrogen (secondary N) is 1. The Morgan fingerprint density at radius 1 is 1.33 bits per heavy atom. The molecule has 1 aliphatic carbocycles. The van der Waals surface area contributed by atoms with Gasteiger partial charge in [-0.15, -0.1) is 0 Å². The third-order valence-electron chi connectivity index (χ3n) is 4.37. The molecule has 21 heavy (non-hydrogen) atoms. The molecule has 1 saturated carbocycles. The maximum Gasteiger partial charge on any atom is 0.0762 e. The fraction of sp³-hybridized carbons (Fsp3) is 0.588. The second kappa shape index (κ2) is 7.23. The van der Waals surface area contributed by atoms with Crippen LogP contribution in [0.3, 0.4) is 0 Å². The highest BCUT2D eigenvalue weighted by molar-refractivity contribution is 7.07. The van der Waals surface area contributed by atoms with Crippen molar-refractivity contribution in [1.29, 1.82) is 0 Å². The molecule has 0 aliphatic heterocycles. The standard InChI is InChI=1S/C17H25N3S/c1-14(11-15-8-10-21-13-15)18-12-16-7-9-20(19-16)17-5-3-2-4-6-17/h7-10,13-14,17-18H,2-6,11-12H2,1H3. The molecule has 2 aromatic heterocycles. The second-order valence-electron chi connectivity index (χ2n) is 6.20.